The van der Waals surface area contributed by atoms with Gasteiger partial charge in [-0.2, -0.15) is 0 Å². The molecule has 0 amide bonds. The number of nitrogens with zero attached hydrogens (tertiary/aromatic N) is 3. The number of aliphatic imine (C=N–C) groups is 1. The number of benzene rings is 2. The molecule has 0 saturated carbocycles. The van der Waals surface area contributed by atoms with Gasteiger partial charge in [0.25, 0.3) is 0 Å². The van der Waals surface area contributed by atoms with Crippen molar-refractivity contribution in [2.45, 2.75) is 6.54 Å². The van der Waals surface area contributed by atoms with Gasteiger partial charge in [0.2, 0.25) is 0 Å². The standard InChI is InChI=1S/C21H27ClN4O3/c1-28-20-14-16(2-7-19(20)29-13-12-27)15-24-21(23)26-10-8-25(9-11-26)18-5-3-17(22)4-6-18/h2-7,14,27H,8-13,15H2,1H3,(H2,23,24). The normalized spacial score (nSPS) is 14.8. The Labute approximate surface area is 176 Å². The summed E-state index contributed by atoms with van der Waals surface area (Å²) >= 11 is 5.97. The van der Waals surface area contributed by atoms with Crippen LogP contribution in [0.5, 0.6) is 11.5 Å². The number of hydrogen-bond donors (Lipinski definition) is 2. The highest BCUT2D eigenvalue weighted by Gasteiger charge is 2.18. The van der Waals surface area contributed by atoms with Gasteiger partial charge in [0.1, 0.15) is 6.61 Å². The van der Waals surface area contributed by atoms with E-state index in [1.165, 1.54) is 5.69 Å². The van der Waals surface area contributed by atoms with Crippen molar-refractivity contribution in [3.05, 3.63) is 53.1 Å². The third kappa shape index (κ3) is 5.68. The van der Waals surface area contributed by atoms with Gasteiger partial charge in [-0.05, 0) is 42.0 Å². The largest absolute Gasteiger partial charge is 0.493 e. The summed E-state index contributed by atoms with van der Waals surface area (Å²) in [4.78, 5) is 8.96. The highest BCUT2D eigenvalue weighted by atomic mass is 35.5. The maximum absolute atomic E-state index is 8.90. The number of nitrogens with two attached hydrogens (primary N) is 1. The molecule has 8 heteroatoms. The maximum atomic E-state index is 8.90. The minimum Gasteiger partial charge on any atom is -0.493 e. The summed E-state index contributed by atoms with van der Waals surface area (Å²) in [5, 5.41) is 9.64. The lowest BCUT2D eigenvalue weighted by atomic mass is 10.2. The second-order valence-electron chi connectivity index (χ2n) is 6.68. The summed E-state index contributed by atoms with van der Waals surface area (Å²) in [6.45, 7) is 4.02. The van der Waals surface area contributed by atoms with Gasteiger partial charge >= 0.3 is 0 Å². The number of piperazine rings is 1. The Balaban J connectivity index is 1.55. The highest BCUT2D eigenvalue weighted by Crippen LogP contribution is 2.28. The Morgan fingerprint density at radius 2 is 1.83 bits per heavy atom. The summed E-state index contributed by atoms with van der Waals surface area (Å²) in [5.74, 6) is 1.75. The van der Waals surface area contributed by atoms with Crippen LogP contribution in [0, 0.1) is 0 Å². The van der Waals surface area contributed by atoms with E-state index < -0.39 is 0 Å². The highest BCUT2D eigenvalue weighted by molar-refractivity contribution is 6.30. The fourth-order valence-corrected chi connectivity index (χ4v) is 3.33. The minimum absolute atomic E-state index is 0.0446. The lowest BCUT2D eigenvalue weighted by Gasteiger charge is -2.36. The molecule has 0 atom stereocenters. The zero-order valence-corrected chi connectivity index (χ0v) is 17.3. The van der Waals surface area contributed by atoms with Crippen LogP contribution in [0.1, 0.15) is 5.56 Å². The van der Waals surface area contributed by atoms with Crippen LogP contribution in [-0.4, -0.2) is 62.5 Å². The number of rotatable bonds is 7. The summed E-state index contributed by atoms with van der Waals surface area (Å²) in [5.41, 5.74) is 8.36. The number of aliphatic hydroxyl groups excluding tert-OH is 1. The van der Waals surface area contributed by atoms with Gasteiger partial charge in [-0.3, -0.25) is 0 Å². The van der Waals surface area contributed by atoms with Gasteiger partial charge in [-0.25, -0.2) is 4.99 Å². The number of halogens is 1. The maximum Gasteiger partial charge on any atom is 0.191 e. The Morgan fingerprint density at radius 3 is 2.48 bits per heavy atom. The van der Waals surface area contributed by atoms with Crippen LogP contribution in [0.2, 0.25) is 5.02 Å². The van der Waals surface area contributed by atoms with Crippen molar-refractivity contribution in [1.29, 1.82) is 0 Å². The lowest BCUT2D eigenvalue weighted by molar-refractivity contribution is 0.196. The van der Waals surface area contributed by atoms with Gasteiger partial charge in [0.15, 0.2) is 17.5 Å². The van der Waals surface area contributed by atoms with E-state index in [-0.39, 0.29) is 13.2 Å². The van der Waals surface area contributed by atoms with Crippen molar-refractivity contribution in [2.24, 2.45) is 10.7 Å². The average molecular weight is 419 g/mol. The molecule has 0 spiro atoms. The van der Waals surface area contributed by atoms with Crippen LogP contribution in [0.25, 0.3) is 0 Å². The van der Waals surface area contributed by atoms with E-state index in [1.54, 1.807) is 7.11 Å². The molecule has 1 saturated heterocycles. The summed E-state index contributed by atoms with van der Waals surface area (Å²) in [6.07, 6.45) is 0. The molecule has 0 aliphatic carbocycles. The van der Waals surface area contributed by atoms with E-state index >= 15 is 0 Å². The van der Waals surface area contributed by atoms with Gasteiger partial charge in [-0.15, -0.1) is 0 Å². The molecule has 156 valence electrons. The first-order chi connectivity index (χ1) is 14.1. The first-order valence-electron chi connectivity index (χ1n) is 9.56. The second kappa shape index (κ2) is 10.2. The third-order valence-electron chi connectivity index (χ3n) is 4.80. The summed E-state index contributed by atoms with van der Waals surface area (Å²) in [6, 6.07) is 13.5. The molecule has 7 nitrogen and oxygen atoms in total. The molecule has 3 rings (SSSR count). The third-order valence-corrected chi connectivity index (χ3v) is 5.05. The van der Waals surface area contributed by atoms with Crippen molar-refractivity contribution >= 4 is 23.2 Å². The van der Waals surface area contributed by atoms with Crippen molar-refractivity contribution < 1.29 is 14.6 Å². The van der Waals surface area contributed by atoms with Gasteiger partial charge < -0.3 is 30.1 Å². The molecule has 29 heavy (non-hydrogen) atoms. The molecule has 1 aliphatic rings. The molecule has 1 heterocycles. The first-order valence-corrected chi connectivity index (χ1v) is 9.94. The van der Waals surface area contributed by atoms with E-state index in [0.29, 0.717) is 24.0 Å². The van der Waals surface area contributed by atoms with E-state index in [9.17, 15) is 0 Å². The van der Waals surface area contributed by atoms with Crippen LogP contribution in [0.15, 0.2) is 47.5 Å². The molecular weight excluding hydrogens is 392 g/mol. The number of aliphatic hydroxyl groups is 1. The zero-order chi connectivity index (χ0) is 20.6. The predicted molar refractivity (Wildman–Crippen MR) is 116 cm³/mol. The summed E-state index contributed by atoms with van der Waals surface area (Å²) < 4.78 is 10.8. The second-order valence-corrected chi connectivity index (χ2v) is 7.12. The molecule has 0 unspecified atom stereocenters. The number of guanidine groups is 1. The van der Waals surface area contributed by atoms with Crippen molar-refractivity contribution in [3.8, 4) is 11.5 Å². The number of anilines is 1. The first kappa shape index (κ1) is 21.1. The molecule has 3 N–H and O–H groups in total. The monoisotopic (exact) mass is 418 g/mol. The Hall–Kier alpha value is -2.64. The van der Waals surface area contributed by atoms with E-state index in [4.69, 9.17) is 31.9 Å². The number of hydrogen-bond acceptors (Lipinski definition) is 5. The van der Waals surface area contributed by atoms with E-state index in [2.05, 4.69) is 14.8 Å². The van der Waals surface area contributed by atoms with Crippen LogP contribution in [-0.2, 0) is 6.54 Å². The Morgan fingerprint density at radius 1 is 1.10 bits per heavy atom. The van der Waals surface area contributed by atoms with Crippen molar-refractivity contribution in [2.75, 3.05) is 51.4 Å². The zero-order valence-electron chi connectivity index (χ0n) is 16.6. The van der Waals surface area contributed by atoms with Crippen LogP contribution in [0.4, 0.5) is 5.69 Å². The van der Waals surface area contributed by atoms with Crippen LogP contribution in [0.3, 0.4) is 0 Å². The molecule has 1 fully saturated rings. The molecule has 1 aliphatic heterocycles. The number of methoxy groups -OCH3 is 1. The van der Waals surface area contributed by atoms with Crippen LogP contribution < -0.4 is 20.1 Å². The van der Waals surface area contributed by atoms with Gasteiger partial charge in [0.05, 0.1) is 20.3 Å². The predicted octanol–water partition coefficient (Wildman–Crippen LogP) is 2.36. The fourth-order valence-electron chi connectivity index (χ4n) is 3.20. The van der Waals surface area contributed by atoms with Crippen LogP contribution >= 0.6 is 11.6 Å². The molecule has 0 aromatic heterocycles. The lowest BCUT2D eigenvalue weighted by Crippen LogP contribution is -2.51. The fraction of sp³-hybridized carbons (Fsp3) is 0.381. The van der Waals surface area contributed by atoms with Crippen molar-refractivity contribution in [1.82, 2.24) is 4.90 Å². The molecule has 0 radical (unpaired) electrons. The Bertz CT molecular complexity index is 821. The van der Waals surface area contributed by atoms with Gasteiger partial charge in [0, 0.05) is 36.9 Å². The van der Waals surface area contributed by atoms with Crippen molar-refractivity contribution in [3.63, 3.8) is 0 Å². The topological polar surface area (TPSA) is 83.6 Å². The van der Waals surface area contributed by atoms with E-state index in [1.807, 2.05) is 42.5 Å². The molecular formula is C21H27ClN4O3. The SMILES string of the molecule is COc1cc(CN=C(N)N2CCN(c3ccc(Cl)cc3)CC2)ccc1OCCO. The average Bonchev–Trinajstić information content (AvgIpc) is 2.77. The van der Waals surface area contributed by atoms with E-state index in [0.717, 1.165) is 36.8 Å². The summed E-state index contributed by atoms with van der Waals surface area (Å²) in [7, 11) is 1.59. The quantitative estimate of drug-likeness (QED) is 0.530. The number of ether oxygens (including phenoxy) is 2. The minimum atomic E-state index is -0.0446. The molecule has 0 bridgehead atoms. The molecule has 2 aromatic carbocycles. The molecule has 2 aromatic rings. The van der Waals surface area contributed by atoms with Gasteiger partial charge in [-0.1, -0.05) is 17.7 Å². The smallest absolute Gasteiger partial charge is 0.191 e. The Kier molecular flexibility index (Phi) is 7.43.